The van der Waals surface area contributed by atoms with Crippen molar-refractivity contribution in [2.75, 3.05) is 72.9 Å². The fraction of sp³-hybridized carbons (Fsp3) is 0.385. The number of fused-ring (bicyclic) bond motifs is 1. The molecule has 10 N–H and O–H groups in total. The zero-order valence-corrected chi connectivity index (χ0v) is 41.5. The molecule has 380 valence electrons. The number of nitrogens with zero attached hydrogens (tertiary/aromatic N) is 5. The predicted octanol–water partition coefficient (Wildman–Crippen LogP) is 6.09. The van der Waals surface area contributed by atoms with Crippen LogP contribution in [0.15, 0.2) is 84.0 Å². The van der Waals surface area contributed by atoms with Gasteiger partial charge in [-0.3, -0.25) is 19.4 Å². The molecule has 0 atom stereocenters. The van der Waals surface area contributed by atoms with Gasteiger partial charge < -0.3 is 47.1 Å². The van der Waals surface area contributed by atoms with Crippen LogP contribution in [-0.4, -0.2) is 95.9 Å². The molecule has 1 aliphatic carbocycles. The first-order valence-corrected chi connectivity index (χ1v) is 25.0. The number of halogens is 2. The highest BCUT2D eigenvalue weighted by Crippen LogP contribution is 2.52. The number of aryl methyl sites for hydroxylation is 2. The van der Waals surface area contributed by atoms with E-state index in [0.717, 1.165) is 78.2 Å². The summed E-state index contributed by atoms with van der Waals surface area (Å²) in [5.41, 5.74) is 17.9. The minimum atomic E-state index is -3.68. The summed E-state index contributed by atoms with van der Waals surface area (Å²) in [6, 6.07) is 24.0. The molecule has 8 rings (SSSR count). The number of thioether (sulfide) groups is 1. The van der Waals surface area contributed by atoms with E-state index in [2.05, 4.69) is 69.4 Å². The zero-order chi connectivity index (χ0) is 51.3. The number of pyridine rings is 1. The van der Waals surface area contributed by atoms with Crippen LogP contribution >= 0.6 is 11.8 Å². The van der Waals surface area contributed by atoms with Crippen LogP contribution in [0.3, 0.4) is 0 Å². The van der Waals surface area contributed by atoms with Crippen molar-refractivity contribution in [3.8, 4) is 34.6 Å². The highest BCUT2D eigenvalue weighted by molar-refractivity contribution is 7.99. The van der Waals surface area contributed by atoms with Gasteiger partial charge in [0.1, 0.15) is 11.5 Å². The van der Waals surface area contributed by atoms with Gasteiger partial charge in [0.05, 0.1) is 24.2 Å². The quantitative estimate of drug-likeness (QED) is 0.00942. The van der Waals surface area contributed by atoms with Gasteiger partial charge in [0.2, 0.25) is 18.2 Å². The van der Waals surface area contributed by atoms with E-state index in [4.69, 9.17) is 17.3 Å². The van der Waals surface area contributed by atoms with Crippen molar-refractivity contribution < 1.29 is 32.6 Å². The number of hydrazine groups is 1. The number of anilines is 4. The Morgan fingerprint density at radius 3 is 2.44 bits per heavy atom. The molecule has 1 saturated carbocycles. The van der Waals surface area contributed by atoms with Gasteiger partial charge >= 0.3 is 6.29 Å². The summed E-state index contributed by atoms with van der Waals surface area (Å²) in [5.74, 6) is 14.6. The van der Waals surface area contributed by atoms with Crippen LogP contribution in [-0.2, 0) is 26.3 Å². The van der Waals surface area contributed by atoms with Crippen LogP contribution in [0.4, 0.5) is 31.9 Å². The number of likely N-dealkylation sites (tertiary alicyclic amines) is 1. The van der Waals surface area contributed by atoms with Crippen molar-refractivity contribution in [3.63, 3.8) is 0 Å². The summed E-state index contributed by atoms with van der Waals surface area (Å²) in [4.78, 5) is 52.1. The maximum absolute atomic E-state index is 13.3. The summed E-state index contributed by atoms with van der Waals surface area (Å²) < 4.78 is 35.7. The van der Waals surface area contributed by atoms with Crippen LogP contribution in [0, 0.1) is 31.6 Å². The molecule has 17 nitrogen and oxygen atoms in total. The second-order valence-corrected chi connectivity index (χ2v) is 18.8. The number of carbonyl (C=O) groups is 3. The summed E-state index contributed by atoms with van der Waals surface area (Å²) in [5, 5.41) is 13.8. The number of nitrogens with one attached hydrogen (secondary N) is 4. The number of nitrogens with two attached hydrogens (primary N) is 3. The molecule has 5 aromatic rings. The summed E-state index contributed by atoms with van der Waals surface area (Å²) >= 11 is 1.55. The number of ether oxygens (including phenoxy) is 2. The van der Waals surface area contributed by atoms with Gasteiger partial charge in [-0.05, 0) is 112 Å². The van der Waals surface area contributed by atoms with Crippen molar-refractivity contribution in [3.05, 3.63) is 107 Å². The van der Waals surface area contributed by atoms with Gasteiger partial charge in [0.15, 0.2) is 28.3 Å². The minimum Gasteiger partial charge on any atom is -0.395 e. The third-order valence-electron chi connectivity index (χ3n) is 12.3. The Balaban J connectivity index is 0.000000218. The lowest BCUT2D eigenvalue weighted by atomic mass is 9.94. The molecule has 4 heterocycles. The van der Waals surface area contributed by atoms with E-state index in [-0.39, 0.29) is 29.2 Å². The molecule has 2 aromatic heterocycles. The van der Waals surface area contributed by atoms with Gasteiger partial charge in [-0.2, -0.15) is 0 Å². The lowest BCUT2D eigenvalue weighted by Crippen LogP contribution is -2.42. The van der Waals surface area contributed by atoms with Gasteiger partial charge in [-0.25, -0.2) is 20.8 Å². The number of hydrogen-bond donors (Lipinski definition) is 7. The molecule has 0 spiro atoms. The fourth-order valence-corrected chi connectivity index (χ4v) is 8.96. The van der Waals surface area contributed by atoms with Crippen molar-refractivity contribution >= 4 is 53.1 Å². The van der Waals surface area contributed by atoms with Crippen LogP contribution in [0.25, 0.3) is 11.3 Å². The van der Waals surface area contributed by atoms with Crippen LogP contribution in [0.1, 0.15) is 66.8 Å². The first kappa shape index (κ1) is 52.8. The Bertz CT molecular complexity index is 2760. The van der Waals surface area contributed by atoms with Crippen molar-refractivity contribution in [2.45, 2.75) is 76.3 Å². The monoisotopic (exact) mass is 1000 g/mol. The van der Waals surface area contributed by atoms with Crippen molar-refractivity contribution in [1.82, 2.24) is 30.5 Å². The molecule has 3 aliphatic rings. The highest BCUT2D eigenvalue weighted by Gasteiger charge is 2.53. The van der Waals surface area contributed by atoms with E-state index in [9.17, 15) is 23.2 Å². The third kappa shape index (κ3) is 13.9. The Hall–Kier alpha value is -7.05. The summed E-state index contributed by atoms with van der Waals surface area (Å²) in [6.45, 7) is 10.9. The molecule has 2 aliphatic heterocycles. The molecular weight excluding hydrogens is 943 g/mol. The van der Waals surface area contributed by atoms with E-state index in [0.29, 0.717) is 85.8 Å². The number of benzene rings is 3. The SMILES string of the molecule is CCCSc1nc(NCCN)c(N)c(N(N)Cc2ccc(C#CCNC(=O)C3CCN(CCNC=O)CC3)cc2)n1.Cc1cccc(-c2nc(NC(=O)C3(c4ccc5c(c4)OC(F)(F)O5)CC3)ccc2C)c1. The molecule has 3 amide bonds. The maximum Gasteiger partial charge on any atom is 0.586 e. The number of rotatable bonds is 19. The Labute approximate surface area is 422 Å². The lowest BCUT2D eigenvalue weighted by Gasteiger charge is -2.30. The van der Waals surface area contributed by atoms with E-state index in [1.807, 2.05) is 68.4 Å². The second kappa shape index (κ2) is 24.4. The van der Waals surface area contributed by atoms with Gasteiger partial charge in [-0.15, -0.1) is 8.78 Å². The number of piperidine rings is 1. The van der Waals surface area contributed by atoms with Gasteiger partial charge in [0.25, 0.3) is 0 Å². The molecule has 3 aromatic carbocycles. The second-order valence-electron chi connectivity index (χ2n) is 17.8. The third-order valence-corrected chi connectivity index (χ3v) is 13.4. The molecule has 0 bridgehead atoms. The van der Waals surface area contributed by atoms with E-state index in [1.54, 1.807) is 23.9 Å². The zero-order valence-electron chi connectivity index (χ0n) is 40.7. The normalized spacial score (nSPS) is 15.2. The maximum atomic E-state index is 13.3. The first-order valence-electron chi connectivity index (χ1n) is 24.0. The largest absolute Gasteiger partial charge is 0.586 e. The number of hydrogen-bond acceptors (Lipinski definition) is 15. The van der Waals surface area contributed by atoms with Crippen LogP contribution in [0.2, 0.25) is 0 Å². The standard InChI is InChI=1S/C28H42N10O2S.C24H20F2N2O3/c1-2-18-41-28-35-25(33-13-11-29)24(30)26(36-28)38(31)19-22-7-5-21(6-8-22)4-3-12-34-27(40)23-9-15-37(16-10-23)17-14-32-20-39;1-14-4-3-5-16(12-14)21-15(2)6-9-20(27-21)28-22(29)23(10-11-23)17-7-8-18-19(13-17)31-24(25,26)30-18/h5-8,20,23H,2,9-19,29-31H2,1H3,(H,32,39)(H,34,40)(H,33,35,36);3-9,12-13H,10-11H2,1-2H3,(H,27,28,29). The summed E-state index contributed by atoms with van der Waals surface area (Å²) in [7, 11) is 0. The predicted molar refractivity (Wildman–Crippen MR) is 276 cm³/mol. The minimum absolute atomic E-state index is 0.00309. The average molecular weight is 1010 g/mol. The smallest absolute Gasteiger partial charge is 0.395 e. The highest BCUT2D eigenvalue weighted by atomic mass is 32.2. The molecule has 1 saturated heterocycles. The Morgan fingerprint density at radius 1 is 0.972 bits per heavy atom. The van der Waals surface area contributed by atoms with Crippen molar-refractivity contribution in [2.24, 2.45) is 17.5 Å². The average Bonchev–Trinajstić information content (AvgIpc) is 4.12. The number of carbonyl (C=O) groups excluding carboxylic acids is 3. The van der Waals surface area contributed by atoms with Crippen molar-refractivity contribution in [1.29, 1.82) is 0 Å². The first-order chi connectivity index (χ1) is 34.7. The van der Waals surface area contributed by atoms with E-state index < -0.39 is 11.7 Å². The summed E-state index contributed by atoms with van der Waals surface area (Å²) in [6.07, 6.45) is 0.879. The number of amides is 3. The Kier molecular flexibility index (Phi) is 17.9. The molecule has 2 fully saturated rings. The fourth-order valence-electron chi connectivity index (χ4n) is 8.26. The number of nitrogen functional groups attached to an aromatic ring is 1. The molecule has 20 heteroatoms. The molecule has 0 unspecified atom stereocenters. The van der Waals surface area contributed by atoms with Gasteiger partial charge in [-0.1, -0.05) is 78.6 Å². The van der Waals surface area contributed by atoms with Crippen LogP contribution < -0.4 is 53.1 Å². The van der Waals surface area contributed by atoms with E-state index >= 15 is 0 Å². The van der Waals surface area contributed by atoms with Crippen LogP contribution in [0.5, 0.6) is 11.5 Å². The molecule has 72 heavy (non-hydrogen) atoms. The molecular formula is C52H62F2N12O5S. The molecule has 0 radical (unpaired) electrons. The van der Waals surface area contributed by atoms with E-state index in [1.165, 1.54) is 17.1 Å². The lowest BCUT2D eigenvalue weighted by molar-refractivity contribution is -0.286. The Morgan fingerprint density at radius 2 is 1.74 bits per heavy atom. The topological polar surface area (TPSA) is 241 Å². The van der Waals surface area contributed by atoms with Gasteiger partial charge in [0, 0.05) is 49.0 Å². The number of aromatic nitrogens is 3. The number of alkyl halides is 2.